The van der Waals surface area contributed by atoms with Crippen molar-refractivity contribution in [3.63, 3.8) is 0 Å². The van der Waals surface area contributed by atoms with Crippen LogP contribution in [0.4, 0.5) is 11.4 Å². The van der Waals surface area contributed by atoms with E-state index in [1.54, 1.807) is 37.3 Å². The lowest BCUT2D eigenvalue weighted by Crippen LogP contribution is -2.14. The molecule has 7 nitrogen and oxygen atoms in total. The lowest BCUT2D eigenvalue weighted by Gasteiger charge is -2.12. The summed E-state index contributed by atoms with van der Waals surface area (Å²) in [7, 11) is 0. The summed E-state index contributed by atoms with van der Waals surface area (Å²) in [5.41, 5.74) is 1.80. The number of nitrogens with zero attached hydrogens (tertiary/aromatic N) is 2. The summed E-state index contributed by atoms with van der Waals surface area (Å²) in [6, 6.07) is 27.4. The van der Waals surface area contributed by atoms with E-state index in [0.717, 1.165) is 16.3 Å². The van der Waals surface area contributed by atoms with E-state index in [4.69, 9.17) is 4.74 Å². The number of nitro benzene ring substituents is 1. The fourth-order valence-corrected chi connectivity index (χ4v) is 3.70. The molecule has 0 aromatic heterocycles. The number of nitro groups is 1. The number of carbonyl (C=O) groups is 1. The summed E-state index contributed by atoms with van der Waals surface area (Å²) in [6.07, 6.45) is 1.41. The number of fused-ring (bicyclic) bond motifs is 1. The SMILES string of the molecule is Cc1ccc(NC(=O)/C(C#N)=C/c2ccccc2OCc2cccc3ccccc23)c([N+](=O)[O-])c1. The molecule has 0 saturated carbocycles. The number of para-hydroxylation sites is 1. The molecule has 1 N–H and O–H groups in total. The average Bonchev–Trinajstić information content (AvgIpc) is 2.87. The number of amides is 1. The number of benzene rings is 4. The molecule has 0 aliphatic rings. The van der Waals surface area contributed by atoms with Crippen LogP contribution in [0.15, 0.2) is 90.5 Å². The maximum Gasteiger partial charge on any atom is 0.293 e. The van der Waals surface area contributed by atoms with Gasteiger partial charge < -0.3 is 10.1 Å². The standard InChI is InChI=1S/C28H21N3O4/c1-19-13-14-25(26(15-19)31(33)34)30-28(32)23(17-29)16-21-8-3-5-12-27(21)35-18-22-10-6-9-20-7-2-4-11-24(20)22/h2-16H,18H2,1H3,(H,30,32)/b23-16+. The van der Waals surface area contributed by atoms with Gasteiger partial charge in [-0.05, 0) is 47.0 Å². The second kappa shape index (κ2) is 10.3. The Hall–Kier alpha value is -4.96. The second-order valence-electron chi connectivity index (χ2n) is 7.87. The quantitative estimate of drug-likeness (QED) is 0.152. The largest absolute Gasteiger partial charge is 0.488 e. The first-order valence-electron chi connectivity index (χ1n) is 10.8. The Morgan fingerprint density at radius 2 is 1.80 bits per heavy atom. The van der Waals surface area contributed by atoms with Crippen LogP contribution in [0.25, 0.3) is 16.8 Å². The molecule has 0 unspecified atom stereocenters. The number of rotatable bonds is 7. The van der Waals surface area contributed by atoms with E-state index in [1.807, 2.05) is 48.5 Å². The van der Waals surface area contributed by atoms with Crippen molar-refractivity contribution in [2.45, 2.75) is 13.5 Å². The van der Waals surface area contributed by atoms with Crippen molar-refractivity contribution in [3.8, 4) is 11.8 Å². The summed E-state index contributed by atoms with van der Waals surface area (Å²) in [4.78, 5) is 23.6. The molecule has 0 aliphatic heterocycles. The summed E-state index contributed by atoms with van der Waals surface area (Å²) in [5, 5.41) is 25.6. The Bertz CT molecular complexity index is 1500. The lowest BCUT2D eigenvalue weighted by atomic mass is 10.1. The van der Waals surface area contributed by atoms with E-state index in [-0.39, 0.29) is 16.9 Å². The first-order chi connectivity index (χ1) is 17.0. The smallest absolute Gasteiger partial charge is 0.293 e. The van der Waals surface area contributed by atoms with E-state index in [1.165, 1.54) is 18.2 Å². The van der Waals surface area contributed by atoms with Crippen LogP contribution in [0.3, 0.4) is 0 Å². The number of ether oxygens (including phenoxy) is 1. The van der Waals surface area contributed by atoms with Gasteiger partial charge in [-0.2, -0.15) is 5.26 Å². The van der Waals surface area contributed by atoms with E-state index >= 15 is 0 Å². The van der Waals surface area contributed by atoms with Gasteiger partial charge in [-0.15, -0.1) is 0 Å². The summed E-state index contributed by atoms with van der Waals surface area (Å²) in [5.74, 6) is -0.245. The van der Waals surface area contributed by atoms with E-state index in [9.17, 15) is 20.2 Å². The number of anilines is 1. The molecule has 4 aromatic carbocycles. The highest BCUT2D eigenvalue weighted by Crippen LogP contribution is 2.27. The fourth-order valence-electron chi connectivity index (χ4n) is 3.70. The highest BCUT2D eigenvalue weighted by Gasteiger charge is 2.18. The molecule has 0 heterocycles. The number of nitriles is 1. The number of carbonyl (C=O) groups excluding carboxylic acids is 1. The van der Waals surface area contributed by atoms with Gasteiger partial charge >= 0.3 is 0 Å². The van der Waals surface area contributed by atoms with Gasteiger partial charge in [0, 0.05) is 11.6 Å². The first kappa shape index (κ1) is 23.2. The molecule has 0 aliphatic carbocycles. The molecular weight excluding hydrogens is 442 g/mol. The van der Waals surface area contributed by atoms with Crippen LogP contribution in [-0.4, -0.2) is 10.8 Å². The Kier molecular flexibility index (Phi) is 6.84. The number of aryl methyl sites for hydroxylation is 1. The molecule has 0 spiro atoms. The van der Waals surface area contributed by atoms with E-state index in [0.29, 0.717) is 23.5 Å². The maximum absolute atomic E-state index is 12.8. The van der Waals surface area contributed by atoms with Crippen LogP contribution < -0.4 is 10.1 Å². The molecular formula is C28H21N3O4. The third-order valence-corrected chi connectivity index (χ3v) is 5.45. The fraction of sp³-hybridized carbons (Fsp3) is 0.0714. The topological polar surface area (TPSA) is 105 Å². The molecule has 35 heavy (non-hydrogen) atoms. The van der Waals surface area contributed by atoms with E-state index < -0.39 is 10.8 Å². The molecule has 1 amide bonds. The van der Waals surface area contributed by atoms with Crippen LogP contribution in [0.1, 0.15) is 16.7 Å². The van der Waals surface area contributed by atoms with Crippen LogP contribution in [0.5, 0.6) is 5.75 Å². The minimum Gasteiger partial charge on any atom is -0.488 e. The van der Waals surface area contributed by atoms with Crippen molar-refractivity contribution in [3.05, 3.63) is 117 Å². The number of hydrogen-bond acceptors (Lipinski definition) is 5. The van der Waals surface area contributed by atoms with Gasteiger partial charge in [0.1, 0.15) is 29.7 Å². The third-order valence-electron chi connectivity index (χ3n) is 5.45. The summed E-state index contributed by atoms with van der Waals surface area (Å²) < 4.78 is 6.06. The van der Waals surface area contributed by atoms with Crippen molar-refractivity contribution in [2.24, 2.45) is 0 Å². The zero-order valence-electron chi connectivity index (χ0n) is 18.9. The van der Waals surface area contributed by atoms with Gasteiger partial charge in [0.05, 0.1) is 4.92 Å². The molecule has 172 valence electrons. The Morgan fingerprint density at radius 1 is 1.06 bits per heavy atom. The minimum atomic E-state index is -0.747. The van der Waals surface area contributed by atoms with Crippen LogP contribution in [0.2, 0.25) is 0 Å². The van der Waals surface area contributed by atoms with Gasteiger partial charge in [0.15, 0.2) is 0 Å². The highest BCUT2D eigenvalue weighted by atomic mass is 16.6. The average molecular weight is 463 g/mol. The third kappa shape index (κ3) is 5.34. The molecule has 0 saturated heterocycles. The predicted octanol–water partition coefficient (Wildman–Crippen LogP) is 6.18. The molecule has 7 heteroatoms. The Morgan fingerprint density at radius 3 is 2.60 bits per heavy atom. The molecule has 4 rings (SSSR count). The first-order valence-corrected chi connectivity index (χ1v) is 10.8. The van der Waals surface area contributed by atoms with Crippen molar-refractivity contribution in [1.29, 1.82) is 5.26 Å². The van der Waals surface area contributed by atoms with Crippen LogP contribution >= 0.6 is 0 Å². The zero-order valence-corrected chi connectivity index (χ0v) is 18.9. The summed E-state index contributed by atoms with van der Waals surface area (Å²) >= 11 is 0. The Balaban J connectivity index is 1.58. The van der Waals surface area contributed by atoms with Crippen molar-refractivity contribution < 1.29 is 14.5 Å². The van der Waals surface area contributed by atoms with E-state index in [2.05, 4.69) is 5.32 Å². The monoisotopic (exact) mass is 463 g/mol. The van der Waals surface area contributed by atoms with Gasteiger partial charge in [-0.25, -0.2) is 0 Å². The van der Waals surface area contributed by atoms with Gasteiger partial charge in [-0.1, -0.05) is 66.7 Å². The van der Waals surface area contributed by atoms with Crippen LogP contribution in [-0.2, 0) is 11.4 Å². The molecule has 4 aromatic rings. The van der Waals surface area contributed by atoms with Crippen molar-refractivity contribution >= 4 is 34.1 Å². The maximum atomic E-state index is 12.8. The van der Waals surface area contributed by atoms with Crippen molar-refractivity contribution in [2.75, 3.05) is 5.32 Å². The summed E-state index contributed by atoms with van der Waals surface area (Å²) in [6.45, 7) is 2.02. The van der Waals surface area contributed by atoms with Gasteiger partial charge in [0.2, 0.25) is 0 Å². The normalized spacial score (nSPS) is 11.0. The molecule has 0 fully saturated rings. The number of hydrogen-bond donors (Lipinski definition) is 1. The zero-order chi connectivity index (χ0) is 24.8. The Labute approximate surface area is 202 Å². The van der Waals surface area contributed by atoms with Gasteiger partial charge in [-0.3, -0.25) is 14.9 Å². The van der Waals surface area contributed by atoms with Gasteiger partial charge in [0.25, 0.3) is 11.6 Å². The van der Waals surface area contributed by atoms with Crippen LogP contribution in [0, 0.1) is 28.4 Å². The second-order valence-corrected chi connectivity index (χ2v) is 7.87. The van der Waals surface area contributed by atoms with Crippen molar-refractivity contribution in [1.82, 2.24) is 0 Å². The molecule has 0 radical (unpaired) electrons. The molecule has 0 bridgehead atoms. The number of nitrogens with one attached hydrogen (secondary N) is 1. The highest BCUT2D eigenvalue weighted by molar-refractivity contribution is 6.10. The minimum absolute atomic E-state index is 0.0206. The predicted molar refractivity (Wildman–Crippen MR) is 135 cm³/mol. The molecule has 0 atom stereocenters. The lowest BCUT2D eigenvalue weighted by molar-refractivity contribution is -0.384.